The van der Waals surface area contributed by atoms with E-state index in [-0.39, 0.29) is 11.0 Å². The molecule has 0 saturated carbocycles. The first-order valence-electron chi connectivity index (χ1n) is 5.76. The van der Waals surface area contributed by atoms with Gasteiger partial charge in [0.15, 0.2) is 8.24 Å². The van der Waals surface area contributed by atoms with E-state index in [1.807, 2.05) is 0 Å². The van der Waals surface area contributed by atoms with Gasteiger partial charge in [0.05, 0.1) is 5.92 Å². The van der Waals surface area contributed by atoms with E-state index < -0.39 is 8.24 Å². The lowest BCUT2D eigenvalue weighted by atomic mass is 10.1. The van der Waals surface area contributed by atoms with Gasteiger partial charge in [-0.2, -0.15) is 0 Å². The van der Waals surface area contributed by atoms with Crippen molar-refractivity contribution in [3.8, 4) is 0 Å². The van der Waals surface area contributed by atoms with Gasteiger partial charge in [0, 0.05) is 6.04 Å². The molecule has 2 atom stereocenters. The summed E-state index contributed by atoms with van der Waals surface area (Å²) in [6, 6.07) is 0.406. The van der Waals surface area contributed by atoms with E-state index in [2.05, 4.69) is 50.6 Å². The summed E-state index contributed by atoms with van der Waals surface area (Å²) in [5.41, 5.74) is 0. The minimum atomic E-state index is -1.66. The molecule has 1 fully saturated rings. The Kier molecular flexibility index (Phi) is 2.16. The number of hydrogen-bond acceptors (Lipinski definition) is 1. The molecule has 0 aromatic carbocycles. The highest BCUT2D eigenvalue weighted by Crippen LogP contribution is 2.45. The molecule has 1 saturated heterocycles. The number of rotatable bonds is 1. The molecule has 2 bridgehead atoms. The van der Waals surface area contributed by atoms with Gasteiger partial charge in [-0.15, -0.1) is 0 Å². The van der Waals surface area contributed by atoms with E-state index in [1.54, 1.807) is 0 Å². The molecule has 3 heteroatoms. The minimum absolute atomic E-state index is 0.198. The Bertz CT molecular complexity index is 327. The van der Waals surface area contributed by atoms with Gasteiger partial charge in [-0.05, 0) is 11.5 Å². The van der Waals surface area contributed by atoms with Crippen LogP contribution in [0.1, 0.15) is 27.2 Å². The number of nitrogens with zero attached hydrogens (tertiary/aromatic N) is 1. The molecule has 1 heterocycles. The topological polar surface area (TPSA) is 20.3 Å². The van der Waals surface area contributed by atoms with Crippen LogP contribution in [0.25, 0.3) is 0 Å². The Morgan fingerprint density at radius 2 is 1.93 bits per heavy atom. The van der Waals surface area contributed by atoms with Crippen LogP contribution in [0.4, 0.5) is 0 Å². The summed E-state index contributed by atoms with van der Waals surface area (Å²) in [4.78, 5) is 12.2. The molecule has 1 aliphatic heterocycles. The first-order valence-corrected chi connectivity index (χ1v) is 8.71. The zero-order chi connectivity index (χ0) is 11.4. The lowest BCUT2D eigenvalue weighted by Crippen LogP contribution is -2.59. The largest absolute Gasteiger partial charge is 0.363 e. The van der Waals surface area contributed by atoms with E-state index in [1.165, 1.54) is 0 Å². The molecule has 0 unspecified atom stereocenters. The molecule has 0 aromatic heterocycles. The maximum absolute atomic E-state index is 12.2. The van der Waals surface area contributed by atoms with Crippen LogP contribution in [-0.4, -0.2) is 24.7 Å². The molecule has 0 aromatic rings. The second-order valence-electron chi connectivity index (χ2n) is 6.31. The van der Waals surface area contributed by atoms with Crippen molar-refractivity contribution in [3.05, 3.63) is 12.2 Å². The highest BCUT2D eigenvalue weighted by molar-refractivity contribution is 6.79. The Labute approximate surface area is 93.4 Å². The fraction of sp³-hybridized carbons (Fsp3) is 0.750. The summed E-state index contributed by atoms with van der Waals surface area (Å²) in [5.74, 6) is 0.582. The number of carbonyl (C=O) groups excluding carboxylic acids is 1. The molecule has 15 heavy (non-hydrogen) atoms. The summed E-state index contributed by atoms with van der Waals surface area (Å²) in [5, 5.41) is 0.251. The van der Waals surface area contributed by atoms with Gasteiger partial charge < -0.3 is 4.57 Å². The van der Waals surface area contributed by atoms with Gasteiger partial charge in [0.2, 0.25) is 5.91 Å². The normalized spacial score (nSPS) is 30.5. The Morgan fingerprint density at radius 3 is 2.33 bits per heavy atom. The third-order valence-electron chi connectivity index (χ3n) is 4.38. The SMILES string of the molecule is CC(C)(C)[Si](C)(C)N1C(=O)[C@H]2C=C[C@@H]1C2. The molecular formula is C12H21NOSi. The highest BCUT2D eigenvalue weighted by Gasteiger charge is 2.52. The van der Waals surface area contributed by atoms with Crippen LogP contribution in [0, 0.1) is 5.92 Å². The number of amides is 1. The summed E-state index contributed by atoms with van der Waals surface area (Å²) in [6.07, 6.45) is 5.36. The predicted molar refractivity (Wildman–Crippen MR) is 65.1 cm³/mol. The first-order chi connectivity index (χ1) is 6.75. The predicted octanol–water partition coefficient (Wildman–Crippen LogP) is 2.78. The highest BCUT2D eigenvalue weighted by atomic mass is 28.3. The van der Waals surface area contributed by atoms with E-state index in [0.29, 0.717) is 11.9 Å². The molecule has 1 aliphatic carbocycles. The lowest BCUT2D eigenvalue weighted by Gasteiger charge is -2.46. The summed E-state index contributed by atoms with van der Waals surface area (Å²) in [6.45, 7) is 11.4. The van der Waals surface area contributed by atoms with Crippen LogP contribution in [0.2, 0.25) is 18.1 Å². The van der Waals surface area contributed by atoms with Crippen LogP contribution >= 0.6 is 0 Å². The van der Waals surface area contributed by atoms with Crippen molar-refractivity contribution in [3.63, 3.8) is 0 Å². The maximum atomic E-state index is 12.2. The molecular weight excluding hydrogens is 202 g/mol. The average molecular weight is 223 g/mol. The molecule has 2 rings (SSSR count). The van der Waals surface area contributed by atoms with Gasteiger partial charge in [-0.25, -0.2) is 0 Å². The fourth-order valence-electron chi connectivity index (χ4n) is 2.45. The maximum Gasteiger partial charge on any atom is 0.222 e. The van der Waals surface area contributed by atoms with Crippen molar-refractivity contribution >= 4 is 14.1 Å². The summed E-state index contributed by atoms with van der Waals surface area (Å²) in [7, 11) is -1.66. The molecule has 0 radical (unpaired) electrons. The first kappa shape index (κ1) is 10.9. The van der Waals surface area contributed by atoms with E-state index in [4.69, 9.17) is 0 Å². The quantitative estimate of drug-likeness (QED) is 0.494. The zero-order valence-electron chi connectivity index (χ0n) is 10.4. The van der Waals surface area contributed by atoms with E-state index in [9.17, 15) is 4.79 Å². The van der Waals surface area contributed by atoms with Gasteiger partial charge in [-0.3, -0.25) is 4.79 Å². The van der Waals surface area contributed by atoms with Gasteiger partial charge >= 0.3 is 0 Å². The minimum Gasteiger partial charge on any atom is -0.363 e. The fourth-order valence-corrected chi connectivity index (χ4v) is 4.91. The van der Waals surface area contributed by atoms with Crippen LogP contribution < -0.4 is 0 Å². The van der Waals surface area contributed by atoms with Gasteiger partial charge in [0.25, 0.3) is 0 Å². The monoisotopic (exact) mass is 223 g/mol. The third kappa shape index (κ3) is 1.40. The van der Waals surface area contributed by atoms with Crippen molar-refractivity contribution in [1.82, 2.24) is 4.57 Å². The second kappa shape index (κ2) is 2.97. The van der Waals surface area contributed by atoms with Gasteiger partial charge in [0.1, 0.15) is 0 Å². The Hall–Kier alpha value is -0.573. The smallest absolute Gasteiger partial charge is 0.222 e. The number of hydrogen-bond donors (Lipinski definition) is 0. The third-order valence-corrected chi connectivity index (χ3v) is 9.81. The molecule has 2 nitrogen and oxygen atoms in total. The van der Waals surface area contributed by atoms with E-state index >= 15 is 0 Å². The number of fused-ring (bicyclic) bond motifs is 2. The standard InChI is InChI=1S/C12H21NOSi/c1-12(2,3)15(4,5)13-10-7-6-9(8-10)11(13)14/h6-7,9-10H,8H2,1-5H3/t9-,10+/m0/s1. The van der Waals surface area contributed by atoms with Crippen molar-refractivity contribution in [2.24, 2.45) is 5.92 Å². The van der Waals surface area contributed by atoms with Crippen LogP contribution in [0.5, 0.6) is 0 Å². The van der Waals surface area contributed by atoms with Crippen molar-refractivity contribution in [2.75, 3.05) is 0 Å². The summed E-state index contributed by atoms with van der Waals surface area (Å²) < 4.78 is 2.23. The average Bonchev–Trinajstić information content (AvgIpc) is 2.60. The zero-order valence-corrected chi connectivity index (χ0v) is 11.4. The molecule has 84 valence electrons. The van der Waals surface area contributed by atoms with Crippen LogP contribution in [0.3, 0.4) is 0 Å². The van der Waals surface area contributed by atoms with Crippen molar-refractivity contribution in [1.29, 1.82) is 0 Å². The van der Waals surface area contributed by atoms with Gasteiger partial charge in [-0.1, -0.05) is 46.0 Å². The summed E-state index contributed by atoms with van der Waals surface area (Å²) >= 11 is 0. The van der Waals surface area contributed by atoms with Crippen molar-refractivity contribution < 1.29 is 4.79 Å². The van der Waals surface area contributed by atoms with Crippen LogP contribution in [0.15, 0.2) is 12.2 Å². The Morgan fingerprint density at radius 1 is 1.33 bits per heavy atom. The second-order valence-corrected chi connectivity index (χ2v) is 11.4. The molecule has 0 N–H and O–H groups in total. The van der Waals surface area contributed by atoms with Crippen molar-refractivity contribution in [2.45, 2.75) is 51.4 Å². The lowest BCUT2D eigenvalue weighted by molar-refractivity contribution is -0.127. The Balaban J connectivity index is 2.33. The number of carbonyl (C=O) groups is 1. The van der Waals surface area contributed by atoms with E-state index in [0.717, 1.165) is 6.42 Å². The van der Waals surface area contributed by atoms with Crippen LogP contribution in [-0.2, 0) is 4.79 Å². The molecule has 1 amide bonds. The molecule has 0 spiro atoms. The molecule has 2 aliphatic rings.